The number of rotatable bonds is 2. The highest BCUT2D eigenvalue weighted by Crippen LogP contribution is 2.44. The van der Waals surface area contributed by atoms with Crippen molar-refractivity contribution in [3.05, 3.63) is 11.6 Å². The van der Waals surface area contributed by atoms with Crippen molar-refractivity contribution in [3.8, 4) is 0 Å². The molecule has 0 N–H and O–H groups in total. The van der Waals surface area contributed by atoms with Gasteiger partial charge in [-0.1, -0.05) is 12.5 Å². The molecule has 0 spiro atoms. The fourth-order valence-electron chi connectivity index (χ4n) is 3.48. The molecule has 0 amide bonds. The van der Waals surface area contributed by atoms with Crippen LogP contribution in [0.25, 0.3) is 0 Å². The first-order valence-corrected chi connectivity index (χ1v) is 6.75. The van der Waals surface area contributed by atoms with E-state index in [9.17, 15) is 4.79 Å². The van der Waals surface area contributed by atoms with Gasteiger partial charge in [0.25, 0.3) is 0 Å². The zero-order valence-corrected chi connectivity index (χ0v) is 9.78. The van der Waals surface area contributed by atoms with Crippen LogP contribution in [0.1, 0.15) is 51.4 Å². The van der Waals surface area contributed by atoms with Gasteiger partial charge >= 0.3 is 5.97 Å². The van der Waals surface area contributed by atoms with E-state index in [-0.39, 0.29) is 12.1 Å². The largest absolute Gasteiger partial charge is 0.459 e. The Morgan fingerprint density at radius 1 is 1.12 bits per heavy atom. The van der Waals surface area contributed by atoms with Crippen LogP contribution in [-0.4, -0.2) is 12.1 Å². The Labute approximate surface area is 97.1 Å². The normalized spacial score (nSPS) is 33.9. The average molecular weight is 220 g/mol. The quantitative estimate of drug-likeness (QED) is 0.668. The molecule has 2 nitrogen and oxygen atoms in total. The highest BCUT2D eigenvalue weighted by Gasteiger charge is 2.37. The number of hydrogen-bond acceptors (Lipinski definition) is 2. The van der Waals surface area contributed by atoms with Gasteiger partial charge < -0.3 is 4.74 Å². The summed E-state index contributed by atoms with van der Waals surface area (Å²) >= 11 is 0. The lowest BCUT2D eigenvalue weighted by Crippen LogP contribution is -2.23. The molecule has 0 heterocycles. The van der Waals surface area contributed by atoms with Crippen LogP contribution in [0.2, 0.25) is 0 Å². The maximum atomic E-state index is 12.0. The number of allylic oxidation sites excluding steroid dienone is 1. The molecule has 2 fully saturated rings. The Kier molecular flexibility index (Phi) is 2.74. The second-order valence-corrected chi connectivity index (χ2v) is 5.56. The third-order valence-electron chi connectivity index (χ3n) is 4.39. The summed E-state index contributed by atoms with van der Waals surface area (Å²) in [6, 6.07) is 0. The topological polar surface area (TPSA) is 26.3 Å². The number of fused-ring (bicyclic) bond motifs is 2. The van der Waals surface area contributed by atoms with Crippen molar-refractivity contribution in [3.63, 3.8) is 0 Å². The van der Waals surface area contributed by atoms with Crippen molar-refractivity contribution >= 4 is 5.97 Å². The first-order valence-electron chi connectivity index (χ1n) is 6.75. The summed E-state index contributed by atoms with van der Waals surface area (Å²) in [6.07, 6.45) is 12.0. The van der Waals surface area contributed by atoms with Gasteiger partial charge in [0.1, 0.15) is 6.10 Å². The first kappa shape index (κ1) is 10.4. The summed E-state index contributed by atoms with van der Waals surface area (Å²) in [4.78, 5) is 12.0. The standard InChI is InChI=1S/C14H20O2/c15-14(16-12-4-2-1-3-5-12)13-9-10-6-7-11(13)8-10/h9-12H,1-8H2. The Morgan fingerprint density at radius 3 is 2.56 bits per heavy atom. The third-order valence-corrected chi connectivity index (χ3v) is 4.39. The van der Waals surface area contributed by atoms with Gasteiger partial charge in [-0.3, -0.25) is 0 Å². The summed E-state index contributed by atoms with van der Waals surface area (Å²) < 4.78 is 5.62. The van der Waals surface area contributed by atoms with Crippen molar-refractivity contribution < 1.29 is 9.53 Å². The van der Waals surface area contributed by atoms with Crippen LogP contribution in [0.3, 0.4) is 0 Å². The highest BCUT2D eigenvalue weighted by molar-refractivity contribution is 5.90. The Bertz CT molecular complexity index is 313. The van der Waals surface area contributed by atoms with E-state index in [2.05, 4.69) is 6.08 Å². The smallest absolute Gasteiger partial charge is 0.334 e. The van der Waals surface area contributed by atoms with Gasteiger partial charge in [-0.15, -0.1) is 0 Å². The molecule has 2 bridgehead atoms. The molecular formula is C14H20O2. The minimum atomic E-state index is -0.000833. The molecule has 2 heteroatoms. The summed E-state index contributed by atoms with van der Waals surface area (Å²) in [5, 5.41) is 0. The molecule has 2 unspecified atom stereocenters. The SMILES string of the molecule is O=C(OC1CCCCC1)C1=CC2CCC1C2. The molecule has 0 radical (unpaired) electrons. The van der Waals surface area contributed by atoms with Gasteiger partial charge in [-0.25, -0.2) is 4.79 Å². The predicted molar refractivity (Wildman–Crippen MR) is 61.9 cm³/mol. The maximum absolute atomic E-state index is 12.0. The summed E-state index contributed by atoms with van der Waals surface area (Å²) in [6.45, 7) is 0. The van der Waals surface area contributed by atoms with Gasteiger partial charge in [0.05, 0.1) is 0 Å². The molecule has 3 rings (SSSR count). The molecule has 2 atom stereocenters. The molecule has 0 aromatic heterocycles. The van der Waals surface area contributed by atoms with Crippen LogP contribution < -0.4 is 0 Å². The fourth-order valence-corrected chi connectivity index (χ4v) is 3.48. The van der Waals surface area contributed by atoms with Crippen LogP contribution in [0.15, 0.2) is 11.6 Å². The number of esters is 1. The highest BCUT2D eigenvalue weighted by atomic mass is 16.5. The molecule has 0 aromatic rings. The zero-order valence-electron chi connectivity index (χ0n) is 9.78. The molecule has 0 aromatic carbocycles. The maximum Gasteiger partial charge on any atom is 0.334 e. The number of carbonyl (C=O) groups is 1. The average Bonchev–Trinajstić information content (AvgIpc) is 2.92. The number of hydrogen-bond donors (Lipinski definition) is 0. The van der Waals surface area contributed by atoms with E-state index in [1.165, 1.54) is 38.5 Å². The van der Waals surface area contributed by atoms with Crippen molar-refractivity contribution in [2.45, 2.75) is 57.5 Å². The van der Waals surface area contributed by atoms with Gasteiger partial charge in [-0.2, -0.15) is 0 Å². The van der Waals surface area contributed by atoms with Crippen molar-refractivity contribution in [2.24, 2.45) is 11.8 Å². The minimum Gasteiger partial charge on any atom is -0.459 e. The Balaban J connectivity index is 1.59. The van der Waals surface area contributed by atoms with Crippen molar-refractivity contribution in [1.29, 1.82) is 0 Å². The predicted octanol–water partition coefficient (Wildman–Crippen LogP) is 3.22. The van der Waals surface area contributed by atoms with E-state index in [0.717, 1.165) is 18.4 Å². The van der Waals surface area contributed by atoms with E-state index in [0.29, 0.717) is 11.8 Å². The second kappa shape index (κ2) is 4.23. The van der Waals surface area contributed by atoms with Crippen LogP contribution in [0.4, 0.5) is 0 Å². The molecule has 2 saturated carbocycles. The van der Waals surface area contributed by atoms with Gasteiger partial charge in [0.15, 0.2) is 0 Å². The van der Waals surface area contributed by atoms with E-state index in [1.54, 1.807) is 0 Å². The van der Waals surface area contributed by atoms with E-state index in [4.69, 9.17) is 4.74 Å². The lowest BCUT2D eigenvalue weighted by atomic mass is 9.96. The third kappa shape index (κ3) is 1.90. The second-order valence-electron chi connectivity index (χ2n) is 5.56. The molecular weight excluding hydrogens is 200 g/mol. The Hall–Kier alpha value is -0.790. The van der Waals surface area contributed by atoms with Crippen LogP contribution in [0.5, 0.6) is 0 Å². The van der Waals surface area contributed by atoms with Crippen LogP contribution >= 0.6 is 0 Å². The zero-order chi connectivity index (χ0) is 11.0. The molecule has 16 heavy (non-hydrogen) atoms. The van der Waals surface area contributed by atoms with Gasteiger partial charge in [0, 0.05) is 5.57 Å². The summed E-state index contributed by atoms with van der Waals surface area (Å²) in [5.41, 5.74) is 1.00. The molecule has 88 valence electrons. The lowest BCUT2D eigenvalue weighted by Gasteiger charge is -2.23. The first-order chi connectivity index (χ1) is 7.83. The lowest BCUT2D eigenvalue weighted by molar-refractivity contribution is -0.146. The Morgan fingerprint density at radius 2 is 1.94 bits per heavy atom. The molecule has 3 aliphatic rings. The molecule has 0 saturated heterocycles. The van der Waals surface area contributed by atoms with E-state index >= 15 is 0 Å². The van der Waals surface area contributed by atoms with E-state index in [1.807, 2.05) is 0 Å². The van der Waals surface area contributed by atoms with Gasteiger partial charge in [0.2, 0.25) is 0 Å². The van der Waals surface area contributed by atoms with E-state index < -0.39 is 0 Å². The fraction of sp³-hybridized carbons (Fsp3) is 0.786. The summed E-state index contributed by atoms with van der Waals surface area (Å²) in [7, 11) is 0. The van der Waals surface area contributed by atoms with Crippen molar-refractivity contribution in [2.75, 3.05) is 0 Å². The number of carbonyl (C=O) groups excluding carboxylic acids is 1. The molecule has 3 aliphatic carbocycles. The number of ether oxygens (including phenoxy) is 1. The van der Waals surface area contributed by atoms with Gasteiger partial charge in [-0.05, 0) is 56.8 Å². The summed E-state index contributed by atoms with van der Waals surface area (Å²) in [5.74, 6) is 1.21. The molecule has 0 aliphatic heterocycles. The monoisotopic (exact) mass is 220 g/mol. The minimum absolute atomic E-state index is 0.000833. The van der Waals surface area contributed by atoms with Crippen LogP contribution in [0, 0.1) is 11.8 Å². The van der Waals surface area contributed by atoms with Crippen molar-refractivity contribution in [1.82, 2.24) is 0 Å². The van der Waals surface area contributed by atoms with Crippen LogP contribution in [-0.2, 0) is 9.53 Å².